The number of hydrogen-bond acceptors (Lipinski definition) is 4. The number of hydrogen-bond donors (Lipinski definition) is 3. The van der Waals surface area contributed by atoms with Crippen LogP contribution in [0.15, 0.2) is 24.3 Å². The Labute approximate surface area is 126 Å². The molecule has 2 unspecified atom stereocenters. The van der Waals surface area contributed by atoms with Crippen molar-refractivity contribution in [1.82, 2.24) is 5.32 Å². The largest absolute Gasteiger partial charge is 0.480 e. The van der Waals surface area contributed by atoms with Crippen LogP contribution < -0.4 is 10.6 Å². The second-order valence-corrected chi connectivity index (χ2v) is 5.92. The van der Waals surface area contributed by atoms with E-state index in [0.29, 0.717) is 12.8 Å². The van der Waals surface area contributed by atoms with Crippen LogP contribution >= 0.6 is 11.8 Å². The number of carbonyl (C=O) groups excluding carboxylic acids is 2. The maximum absolute atomic E-state index is 12.1. The first-order chi connectivity index (χ1) is 10.1. The van der Waals surface area contributed by atoms with Gasteiger partial charge < -0.3 is 15.7 Å². The van der Waals surface area contributed by atoms with Gasteiger partial charge in [0, 0.05) is 11.4 Å². The molecule has 0 saturated carbocycles. The van der Waals surface area contributed by atoms with Crippen LogP contribution in [0.1, 0.15) is 12.0 Å². The third kappa shape index (κ3) is 3.98. The molecule has 0 radical (unpaired) electrons. The maximum Gasteiger partial charge on any atom is 0.327 e. The molecule has 0 spiro atoms. The van der Waals surface area contributed by atoms with Crippen LogP contribution in [0.5, 0.6) is 0 Å². The molecular formula is C14H16N2O4S. The van der Waals surface area contributed by atoms with Crippen LogP contribution in [-0.4, -0.2) is 40.4 Å². The third-order valence-electron chi connectivity index (χ3n) is 3.27. The molecule has 0 bridgehead atoms. The summed E-state index contributed by atoms with van der Waals surface area (Å²) in [6.45, 7) is 0. The average Bonchev–Trinajstić information content (AvgIpc) is 2.62. The predicted octanol–water partition coefficient (Wildman–Crippen LogP) is 0.872. The van der Waals surface area contributed by atoms with Gasteiger partial charge in [-0.15, -0.1) is 11.8 Å². The van der Waals surface area contributed by atoms with Crippen LogP contribution in [0, 0.1) is 0 Å². The molecule has 3 N–H and O–H groups in total. The molecule has 1 aliphatic heterocycles. The van der Waals surface area contributed by atoms with Crippen LogP contribution in [0.3, 0.4) is 0 Å². The Morgan fingerprint density at radius 3 is 3.00 bits per heavy atom. The monoisotopic (exact) mass is 308 g/mol. The topological polar surface area (TPSA) is 95.5 Å². The van der Waals surface area contributed by atoms with Crippen LogP contribution in [0.2, 0.25) is 0 Å². The summed E-state index contributed by atoms with van der Waals surface area (Å²) in [6, 6.07) is 6.63. The lowest BCUT2D eigenvalue weighted by Crippen LogP contribution is -2.39. The Balaban J connectivity index is 1.97. The fourth-order valence-electron chi connectivity index (χ4n) is 2.14. The summed E-state index contributed by atoms with van der Waals surface area (Å²) in [7, 11) is 0. The Kier molecular flexibility index (Phi) is 5.21. The van der Waals surface area contributed by atoms with Gasteiger partial charge in [0.05, 0.1) is 5.25 Å². The van der Waals surface area contributed by atoms with E-state index in [1.54, 1.807) is 0 Å². The molecule has 2 rings (SSSR count). The SMILES string of the molecule is O=CNC(CSC1CCc2ccccc2NC1=O)C(=O)O. The third-order valence-corrected chi connectivity index (χ3v) is 4.65. The molecule has 6 nitrogen and oxygen atoms in total. The van der Waals surface area contributed by atoms with Gasteiger partial charge >= 0.3 is 5.97 Å². The van der Waals surface area contributed by atoms with Gasteiger partial charge in [0.25, 0.3) is 0 Å². The number of carboxylic acids is 1. The molecule has 0 saturated heterocycles. The van der Waals surface area contributed by atoms with Gasteiger partial charge in [-0.25, -0.2) is 4.79 Å². The molecule has 0 aliphatic carbocycles. The van der Waals surface area contributed by atoms with Crippen molar-refractivity contribution in [3.63, 3.8) is 0 Å². The van der Waals surface area contributed by atoms with E-state index in [4.69, 9.17) is 5.11 Å². The van der Waals surface area contributed by atoms with Crippen molar-refractivity contribution < 1.29 is 19.5 Å². The van der Waals surface area contributed by atoms with Gasteiger partial charge in [0.1, 0.15) is 6.04 Å². The quantitative estimate of drug-likeness (QED) is 0.678. The van der Waals surface area contributed by atoms with Crippen LogP contribution in [-0.2, 0) is 20.8 Å². The highest BCUT2D eigenvalue weighted by molar-refractivity contribution is 8.00. The maximum atomic E-state index is 12.1. The molecule has 7 heteroatoms. The molecule has 2 atom stereocenters. The number of fused-ring (bicyclic) bond motifs is 1. The Bertz CT molecular complexity index is 550. The van der Waals surface area contributed by atoms with Gasteiger partial charge in [-0.2, -0.15) is 0 Å². The Hall–Kier alpha value is -2.02. The van der Waals surface area contributed by atoms with Crippen molar-refractivity contribution >= 4 is 35.7 Å². The summed E-state index contributed by atoms with van der Waals surface area (Å²) in [4.78, 5) is 33.5. The minimum absolute atomic E-state index is 0.125. The number of para-hydroxylation sites is 1. The molecule has 2 amide bonds. The number of nitrogens with one attached hydrogen (secondary N) is 2. The molecule has 21 heavy (non-hydrogen) atoms. The minimum atomic E-state index is -1.10. The van der Waals surface area contributed by atoms with Crippen molar-refractivity contribution in [2.24, 2.45) is 0 Å². The van der Waals surface area contributed by atoms with E-state index < -0.39 is 12.0 Å². The van der Waals surface area contributed by atoms with Crippen molar-refractivity contribution in [2.45, 2.75) is 24.1 Å². The number of benzene rings is 1. The fraction of sp³-hybridized carbons (Fsp3) is 0.357. The number of anilines is 1. The Morgan fingerprint density at radius 1 is 1.52 bits per heavy atom. The average molecular weight is 308 g/mol. The van der Waals surface area contributed by atoms with E-state index in [2.05, 4.69) is 10.6 Å². The van der Waals surface area contributed by atoms with E-state index in [9.17, 15) is 14.4 Å². The summed E-state index contributed by atoms with van der Waals surface area (Å²) in [5.74, 6) is -1.07. The lowest BCUT2D eigenvalue weighted by molar-refractivity contribution is -0.139. The van der Waals surface area contributed by atoms with E-state index >= 15 is 0 Å². The van der Waals surface area contributed by atoms with E-state index in [-0.39, 0.29) is 16.9 Å². The van der Waals surface area contributed by atoms with Crippen molar-refractivity contribution in [2.75, 3.05) is 11.1 Å². The summed E-state index contributed by atoms with van der Waals surface area (Å²) in [5.41, 5.74) is 1.89. The highest BCUT2D eigenvalue weighted by Crippen LogP contribution is 2.27. The van der Waals surface area contributed by atoms with Crippen LogP contribution in [0.4, 0.5) is 5.69 Å². The molecular weight excluding hydrogens is 292 g/mol. The van der Waals surface area contributed by atoms with Gasteiger partial charge in [0.15, 0.2) is 0 Å². The first kappa shape index (κ1) is 15.4. The van der Waals surface area contributed by atoms with Crippen LogP contribution in [0.25, 0.3) is 0 Å². The number of thioether (sulfide) groups is 1. The lowest BCUT2D eigenvalue weighted by atomic mass is 10.1. The molecule has 1 aromatic carbocycles. The summed E-state index contributed by atoms with van der Waals surface area (Å²) >= 11 is 1.25. The van der Waals surface area contributed by atoms with Gasteiger partial charge in [-0.1, -0.05) is 18.2 Å². The zero-order valence-electron chi connectivity index (χ0n) is 11.2. The zero-order valence-corrected chi connectivity index (χ0v) is 12.1. The van der Waals surface area contributed by atoms with E-state index in [1.807, 2.05) is 24.3 Å². The predicted molar refractivity (Wildman–Crippen MR) is 80.3 cm³/mol. The minimum Gasteiger partial charge on any atom is -0.480 e. The number of amides is 2. The zero-order chi connectivity index (χ0) is 15.2. The molecule has 0 fully saturated rings. The number of aliphatic carboxylic acids is 1. The number of rotatable bonds is 6. The van der Waals surface area contributed by atoms with E-state index in [0.717, 1.165) is 17.7 Å². The molecule has 1 aliphatic rings. The molecule has 112 valence electrons. The summed E-state index contributed by atoms with van der Waals surface area (Å²) in [5, 5.41) is 13.7. The number of carboxylic acid groups (broad SMARTS) is 1. The molecule has 0 aromatic heterocycles. The van der Waals surface area contributed by atoms with Crippen molar-refractivity contribution in [1.29, 1.82) is 0 Å². The number of carbonyl (C=O) groups is 3. The van der Waals surface area contributed by atoms with Crippen molar-refractivity contribution in [3.8, 4) is 0 Å². The number of aryl methyl sites for hydroxylation is 1. The standard InChI is InChI=1S/C14H16N2O4S/c17-8-15-11(14(19)20)7-21-12-6-5-9-3-1-2-4-10(9)16-13(12)18/h1-4,8,11-12H,5-7H2,(H,15,17)(H,16,18)(H,19,20). The summed E-state index contributed by atoms with van der Waals surface area (Å²) in [6.07, 6.45) is 1.76. The Morgan fingerprint density at radius 2 is 2.29 bits per heavy atom. The van der Waals surface area contributed by atoms with E-state index in [1.165, 1.54) is 11.8 Å². The lowest BCUT2D eigenvalue weighted by Gasteiger charge is -2.16. The van der Waals surface area contributed by atoms with Gasteiger partial charge in [-0.3, -0.25) is 9.59 Å². The van der Waals surface area contributed by atoms with Gasteiger partial charge in [-0.05, 0) is 24.5 Å². The fourth-order valence-corrected chi connectivity index (χ4v) is 3.29. The van der Waals surface area contributed by atoms with Crippen molar-refractivity contribution in [3.05, 3.63) is 29.8 Å². The first-order valence-corrected chi connectivity index (χ1v) is 7.59. The molecule has 1 heterocycles. The highest BCUT2D eigenvalue weighted by Gasteiger charge is 2.26. The molecule has 1 aromatic rings. The normalized spacial score (nSPS) is 18.9. The smallest absolute Gasteiger partial charge is 0.327 e. The second-order valence-electron chi connectivity index (χ2n) is 4.68. The summed E-state index contributed by atoms with van der Waals surface area (Å²) < 4.78 is 0. The first-order valence-electron chi connectivity index (χ1n) is 6.54. The highest BCUT2D eigenvalue weighted by atomic mass is 32.2. The van der Waals surface area contributed by atoms with Gasteiger partial charge in [0.2, 0.25) is 12.3 Å². The second kappa shape index (κ2) is 7.12.